The Balaban J connectivity index is 1.72. The lowest BCUT2D eigenvalue weighted by Crippen LogP contribution is -2.35. The van der Waals surface area contributed by atoms with Gasteiger partial charge < -0.3 is 9.80 Å². The van der Waals surface area contributed by atoms with Crippen LogP contribution in [0.25, 0.3) is 0 Å². The highest BCUT2D eigenvalue weighted by atomic mass is 16.2. The average Bonchev–Trinajstić information content (AvgIpc) is 3.00. The molecule has 1 aromatic carbocycles. The van der Waals surface area contributed by atoms with Crippen LogP contribution in [0.1, 0.15) is 43.1 Å². The number of likely N-dealkylation sites (N-methyl/N-ethyl adjacent to an activating group) is 1. The largest absolute Gasteiger partial charge is 0.337 e. The van der Waals surface area contributed by atoms with Gasteiger partial charge in [0.1, 0.15) is 0 Å². The third-order valence-corrected chi connectivity index (χ3v) is 5.11. The molecular formula is C18H26N2O. The van der Waals surface area contributed by atoms with Crippen LogP contribution in [0.2, 0.25) is 0 Å². The lowest BCUT2D eigenvalue weighted by atomic mass is 9.86. The molecule has 1 aromatic rings. The van der Waals surface area contributed by atoms with Crippen molar-refractivity contribution in [2.24, 2.45) is 5.92 Å². The minimum absolute atomic E-state index is 0.134. The summed E-state index contributed by atoms with van der Waals surface area (Å²) in [6.07, 6.45) is 1.23. The molecule has 0 spiro atoms. The summed E-state index contributed by atoms with van der Waals surface area (Å²) in [7, 11) is 2.18. The first kappa shape index (κ1) is 14.6. The van der Waals surface area contributed by atoms with E-state index < -0.39 is 0 Å². The summed E-state index contributed by atoms with van der Waals surface area (Å²) in [4.78, 5) is 17.1. The number of hydrogen-bond acceptors (Lipinski definition) is 2. The zero-order chi connectivity index (χ0) is 15.2. The van der Waals surface area contributed by atoms with Crippen LogP contribution in [0.5, 0.6) is 0 Å². The Hall–Kier alpha value is -1.35. The third-order valence-electron chi connectivity index (χ3n) is 5.11. The molecule has 2 heterocycles. The molecule has 2 aliphatic heterocycles. The van der Waals surface area contributed by atoms with Gasteiger partial charge in [0, 0.05) is 24.7 Å². The van der Waals surface area contributed by atoms with Gasteiger partial charge in [-0.05, 0) is 49.0 Å². The van der Waals surface area contributed by atoms with E-state index in [0.717, 1.165) is 18.7 Å². The number of carbonyl (C=O) groups is 1. The van der Waals surface area contributed by atoms with Crippen molar-refractivity contribution >= 4 is 5.91 Å². The smallest absolute Gasteiger partial charge is 0.253 e. The van der Waals surface area contributed by atoms with Gasteiger partial charge in [-0.1, -0.05) is 32.9 Å². The number of likely N-dealkylation sites (tertiary alicyclic amines) is 2. The van der Waals surface area contributed by atoms with Crippen LogP contribution in [0.3, 0.4) is 0 Å². The number of hydrogen-bond donors (Lipinski definition) is 0. The van der Waals surface area contributed by atoms with E-state index in [-0.39, 0.29) is 11.3 Å². The number of benzene rings is 1. The summed E-state index contributed by atoms with van der Waals surface area (Å²) < 4.78 is 0. The molecule has 2 atom stereocenters. The predicted octanol–water partition coefficient (Wildman–Crippen LogP) is 2.76. The van der Waals surface area contributed by atoms with Crippen molar-refractivity contribution in [3.63, 3.8) is 0 Å². The second kappa shape index (κ2) is 5.13. The van der Waals surface area contributed by atoms with Crippen LogP contribution in [-0.2, 0) is 5.41 Å². The number of rotatable bonds is 1. The zero-order valence-electron chi connectivity index (χ0n) is 13.6. The van der Waals surface area contributed by atoms with Gasteiger partial charge in [-0.25, -0.2) is 0 Å². The molecule has 1 amide bonds. The highest BCUT2D eigenvalue weighted by Crippen LogP contribution is 2.31. The summed E-state index contributed by atoms with van der Waals surface area (Å²) in [6, 6.07) is 8.73. The molecule has 2 fully saturated rings. The van der Waals surface area contributed by atoms with E-state index in [1.54, 1.807) is 0 Å². The van der Waals surface area contributed by atoms with Gasteiger partial charge in [0.25, 0.3) is 5.91 Å². The van der Waals surface area contributed by atoms with E-state index in [4.69, 9.17) is 0 Å². The molecule has 3 nitrogen and oxygen atoms in total. The van der Waals surface area contributed by atoms with Gasteiger partial charge in [-0.2, -0.15) is 0 Å². The first-order valence-electron chi connectivity index (χ1n) is 7.96. The molecule has 0 aromatic heterocycles. The van der Waals surface area contributed by atoms with Crippen molar-refractivity contribution in [2.75, 3.05) is 26.7 Å². The van der Waals surface area contributed by atoms with Gasteiger partial charge in [-0.3, -0.25) is 4.79 Å². The molecule has 3 heteroatoms. The standard InChI is InChI=1S/C18H26N2O/c1-18(2,3)15-7-5-13(6-8-15)17(21)20-11-14-9-10-19(4)16(14)12-20/h5-8,14,16H,9-12H2,1-4H3/t14-,16+/m0/s1. The van der Waals surface area contributed by atoms with Crippen LogP contribution in [0.15, 0.2) is 24.3 Å². The Bertz CT molecular complexity index is 529. The van der Waals surface area contributed by atoms with E-state index in [0.29, 0.717) is 12.0 Å². The maximum absolute atomic E-state index is 12.7. The highest BCUT2D eigenvalue weighted by Gasteiger charge is 2.41. The topological polar surface area (TPSA) is 23.6 Å². The summed E-state index contributed by atoms with van der Waals surface area (Å²) >= 11 is 0. The van der Waals surface area contributed by atoms with Crippen molar-refractivity contribution < 1.29 is 4.79 Å². The molecule has 21 heavy (non-hydrogen) atoms. The second-order valence-corrected chi connectivity index (χ2v) is 7.63. The average molecular weight is 286 g/mol. The number of carbonyl (C=O) groups excluding carboxylic acids is 1. The third kappa shape index (κ3) is 2.71. The van der Waals surface area contributed by atoms with Crippen molar-refractivity contribution in [3.05, 3.63) is 35.4 Å². The fraction of sp³-hybridized carbons (Fsp3) is 0.611. The highest BCUT2D eigenvalue weighted by molar-refractivity contribution is 5.94. The van der Waals surface area contributed by atoms with E-state index in [1.165, 1.54) is 18.5 Å². The monoisotopic (exact) mass is 286 g/mol. The summed E-state index contributed by atoms with van der Waals surface area (Å²) in [5.74, 6) is 0.867. The van der Waals surface area contributed by atoms with Crippen LogP contribution >= 0.6 is 0 Å². The summed E-state index contributed by atoms with van der Waals surface area (Å²) in [5.41, 5.74) is 2.23. The van der Waals surface area contributed by atoms with Gasteiger partial charge in [0.2, 0.25) is 0 Å². The SMILES string of the molecule is CN1CC[C@H]2CN(C(=O)c3ccc(C(C)(C)C)cc3)C[C@H]21. The molecule has 2 aliphatic rings. The van der Waals surface area contributed by atoms with Crippen LogP contribution in [0.4, 0.5) is 0 Å². The van der Waals surface area contributed by atoms with Crippen molar-refractivity contribution in [1.82, 2.24) is 9.80 Å². The van der Waals surface area contributed by atoms with Gasteiger partial charge in [-0.15, -0.1) is 0 Å². The van der Waals surface area contributed by atoms with Crippen LogP contribution in [0, 0.1) is 5.92 Å². The normalized spacial score (nSPS) is 26.2. The number of fused-ring (bicyclic) bond motifs is 1. The number of nitrogens with zero attached hydrogens (tertiary/aromatic N) is 2. The first-order chi connectivity index (χ1) is 9.86. The fourth-order valence-corrected chi connectivity index (χ4v) is 3.63. The lowest BCUT2D eigenvalue weighted by molar-refractivity contribution is 0.0774. The molecule has 0 radical (unpaired) electrons. The Morgan fingerprint density at radius 2 is 1.81 bits per heavy atom. The minimum Gasteiger partial charge on any atom is -0.337 e. The minimum atomic E-state index is 0.134. The second-order valence-electron chi connectivity index (χ2n) is 7.63. The van der Waals surface area contributed by atoms with E-state index in [1.807, 2.05) is 17.0 Å². The molecular weight excluding hydrogens is 260 g/mol. The molecule has 0 unspecified atom stereocenters. The Labute approximate surface area is 127 Å². The van der Waals surface area contributed by atoms with Gasteiger partial charge in [0.15, 0.2) is 0 Å². The Kier molecular flexibility index (Phi) is 3.56. The fourth-order valence-electron chi connectivity index (χ4n) is 3.63. The van der Waals surface area contributed by atoms with E-state index >= 15 is 0 Å². The van der Waals surface area contributed by atoms with Gasteiger partial charge in [0.05, 0.1) is 0 Å². The van der Waals surface area contributed by atoms with Gasteiger partial charge >= 0.3 is 0 Å². The quantitative estimate of drug-likeness (QED) is 0.792. The molecule has 114 valence electrons. The molecule has 2 saturated heterocycles. The molecule has 0 aliphatic carbocycles. The molecule has 0 saturated carbocycles. The van der Waals surface area contributed by atoms with E-state index in [2.05, 4.69) is 44.9 Å². The lowest BCUT2D eigenvalue weighted by Gasteiger charge is -2.22. The first-order valence-corrected chi connectivity index (χ1v) is 7.96. The zero-order valence-corrected chi connectivity index (χ0v) is 13.6. The summed E-state index contributed by atoms with van der Waals surface area (Å²) in [6.45, 7) is 9.58. The Morgan fingerprint density at radius 1 is 1.14 bits per heavy atom. The van der Waals surface area contributed by atoms with Crippen molar-refractivity contribution in [3.8, 4) is 0 Å². The molecule has 0 N–H and O–H groups in total. The molecule has 0 bridgehead atoms. The van der Waals surface area contributed by atoms with Crippen LogP contribution in [-0.4, -0.2) is 48.4 Å². The summed E-state index contributed by atoms with van der Waals surface area (Å²) in [5, 5.41) is 0. The predicted molar refractivity (Wildman–Crippen MR) is 85.6 cm³/mol. The van der Waals surface area contributed by atoms with Crippen LogP contribution < -0.4 is 0 Å². The Morgan fingerprint density at radius 3 is 2.38 bits per heavy atom. The maximum atomic E-state index is 12.7. The van der Waals surface area contributed by atoms with E-state index in [9.17, 15) is 4.79 Å². The maximum Gasteiger partial charge on any atom is 0.253 e. The van der Waals surface area contributed by atoms with Crippen molar-refractivity contribution in [2.45, 2.75) is 38.6 Å². The molecule has 3 rings (SSSR count). The van der Waals surface area contributed by atoms with Crippen molar-refractivity contribution in [1.29, 1.82) is 0 Å². The number of amides is 1.